The molecule has 0 bridgehead atoms. The van der Waals surface area contributed by atoms with Crippen LogP contribution in [0.4, 0.5) is 5.95 Å². The lowest BCUT2D eigenvalue weighted by molar-refractivity contribution is 0.0664. The molecule has 0 saturated carbocycles. The Labute approximate surface area is 94.6 Å². The van der Waals surface area contributed by atoms with Crippen LogP contribution < -0.4 is 5.32 Å². The average molecular weight is 230 g/mol. The first kappa shape index (κ1) is 10.8. The molecule has 0 amide bonds. The van der Waals surface area contributed by atoms with E-state index in [1.54, 1.807) is 6.20 Å². The van der Waals surface area contributed by atoms with Crippen molar-refractivity contribution in [2.45, 2.75) is 18.4 Å². The van der Waals surface area contributed by atoms with E-state index in [2.05, 4.69) is 10.3 Å². The van der Waals surface area contributed by atoms with E-state index in [4.69, 9.17) is 16.3 Å². The molecular formula is C10H16ClN3O. The van der Waals surface area contributed by atoms with Gasteiger partial charge in [-0.2, -0.15) is 0 Å². The largest absolute Gasteiger partial charge is 0.381 e. The van der Waals surface area contributed by atoms with Gasteiger partial charge in [0.15, 0.2) is 0 Å². The highest BCUT2D eigenvalue weighted by atomic mass is 35.5. The molecule has 84 valence electrons. The van der Waals surface area contributed by atoms with Gasteiger partial charge in [-0.3, -0.25) is 0 Å². The molecule has 1 fully saturated rings. The zero-order valence-electron chi connectivity index (χ0n) is 8.87. The quantitative estimate of drug-likeness (QED) is 0.801. The molecule has 0 aliphatic carbocycles. The highest BCUT2D eigenvalue weighted by Crippen LogP contribution is 2.26. The molecule has 0 unspecified atom stereocenters. The lowest BCUT2D eigenvalue weighted by Gasteiger charge is -2.36. The van der Waals surface area contributed by atoms with Crippen molar-refractivity contribution >= 4 is 17.5 Å². The normalized spacial score (nSPS) is 20.1. The van der Waals surface area contributed by atoms with E-state index in [9.17, 15) is 0 Å². The van der Waals surface area contributed by atoms with E-state index in [1.165, 1.54) is 0 Å². The van der Waals surface area contributed by atoms with Gasteiger partial charge in [0.2, 0.25) is 5.95 Å². The van der Waals surface area contributed by atoms with Gasteiger partial charge in [-0.15, -0.1) is 11.6 Å². The summed E-state index contributed by atoms with van der Waals surface area (Å²) >= 11 is 6.05. The van der Waals surface area contributed by atoms with Crippen LogP contribution in [-0.4, -0.2) is 34.2 Å². The van der Waals surface area contributed by atoms with Gasteiger partial charge in [0.1, 0.15) is 0 Å². The summed E-state index contributed by atoms with van der Waals surface area (Å²) in [6, 6.07) is 0. The lowest BCUT2D eigenvalue weighted by atomic mass is 9.92. The average Bonchev–Trinajstić information content (AvgIpc) is 2.66. The number of ether oxygens (including phenoxy) is 1. The van der Waals surface area contributed by atoms with Gasteiger partial charge in [-0.1, -0.05) is 0 Å². The third-order valence-electron chi connectivity index (χ3n) is 2.90. The fourth-order valence-electron chi connectivity index (χ4n) is 1.78. The Bertz CT molecular complexity index is 320. The van der Waals surface area contributed by atoms with Crippen molar-refractivity contribution in [3.8, 4) is 0 Å². The Kier molecular flexibility index (Phi) is 3.17. The maximum atomic E-state index is 6.05. The van der Waals surface area contributed by atoms with E-state index < -0.39 is 0 Å². The van der Waals surface area contributed by atoms with E-state index in [0.29, 0.717) is 5.88 Å². The van der Waals surface area contributed by atoms with Crippen molar-refractivity contribution in [3.63, 3.8) is 0 Å². The summed E-state index contributed by atoms with van der Waals surface area (Å²) in [5, 5.41) is 3.43. The van der Waals surface area contributed by atoms with E-state index in [1.807, 2.05) is 17.8 Å². The minimum Gasteiger partial charge on any atom is -0.381 e. The predicted molar refractivity (Wildman–Crippen MR) is 60.3 cm³/mol. The molecule has 1 aromatic heterocycles. The number of anilines is 1. The topological polar surface area (TPSA) is 39.1 Å². The third-order valence-corrected chi connectivity index (χ3v) is 3.42. The molecule has 2 rings (SSSR count). The van der Waals surface area contributed by atoms with Crippen molar-refractivity contribution in [2.24, 2.45) is 7.05 Å². The first-order valence-corrected chi connectivity index (χ1v) is 5.68. The number of hydrogen-bond donors (Lipinski definition) is 1. The van der Waals surface area contributed by atoms with Crippen molar-refractivity contribution in [3.05, 3.63) is 12.4 Å². The van der Waals surface area contributed by atoms with Crippen LogP contribution in [0.5, 0.6) is 0 Å². The highest BCUT2D eigenvalue weighted by molar-refractivity contribution is 6.18. The summed E-state index contributed by atoms with van der Waals surface area (Å²) in [4.78, 5) is 4.26. The Morgan fingerprint density at radius 2 is 2.33 bits per heavy atom. The summed E-state index contributed by atoms with van der Waals surface area (Å²) < 4.78 is 7.31. The van der Waals surface area contributed by atoms with Crippen LogP contribution in [0.1, 0.15) is 12.8 Å². The number of aromatic nitrogens is 2. The number of alkyl halides is 1. The first-order chi connectivity index (χ1) is 7.26. The van der Waals surface area contributed by atoms with Gasteiger partial charge in [-0.25, -0.2) is 4.98 Å². The van der Waals surface area contributed by atoms with Gasteiger partial charge in [0.25, 0.3) is 0 Å². The molecule has 0 radical (unpaired) electrons. The molecule has 15 heavy (non-hydrogen) atoms. The lowest BCUT2D eigenvalue weighted by Crippen LogP contribution is -2.46. The van der Waals surface area contributed by atoms with Crippen LogP contribution in [0, 0.1) is 0 Å². The molecule has 0 aromatic carbocycles. The summed E-state index contributed by atoms with van der Waals surface area (Å²) in [5.41, 5.74) is -0.0566. The van der Waals surface area contributed by atoms with Crippen molar-refractivity contribution < 1.29 is 4.74 Å². The molecular weight excluding hydrogens is 214 g/mol. The fourth-order valence-corrected chi connectivity index (χ4v) is 2.11. The molecule has 0 spiro atoms. The van der Waals surface area contributed by atoms with Crippen LogP contribution in [0.3, 0.4) is 0 Å². The predicted octanol–water partition coefficient (Wildman–Crippen LogP) is 1.62. The van der Waals surface area contributed by atoms with Gasteiger partial charge >= 0.3 is 0 Å². The standard InChI is InChI=1S/C10H16ClN3O/c1-14-5-4-12-9(14)13-10(8-11)2-6-15-7-3-10/h4-5H,2-3,6-8H2,1H3,(H,12,13). The Morgan fingerprint density at radius 1 is 1.60 bits per heavy atom. The second kappa shape index (κ2) is 4.41. The third kappa shape index (κ3) is 2.26. The number of rotatable bonds is 3. The van der Waals surface area contributed by atoms with Gasteiger partial charge < -0.3 is 14.6 Å². The smallest absolute Gasteiger partial charge is 0.202 e. The minimum atomic E-state index is -0.0566. The summed E-state index contributed by atoms with van der Waals surface area (Å²) in [6.07, 6.45) is 5.57. The molecule has 1 N–H and O–H groups in total. The Hall–Kier alpha value is -0.740. The molecule has 1 aliphatic heterocycles. The number of halogens is 1. The highest BCUT2D eigenvalue weighted by Gasteiger charge is 2.32. The van der Waals surface area contributed by atoms with Crippen LogP contribution in [0.15, 0.2) is 12.4 Å². The summed E-state index contributed by atoms with van der Waals surface area (Å²) in [6.45, 7) is 1.54. The number of nitrogens with one attached hydrogen (secondary N) is 1. The second-order valence-electron chi connectivity index (χ2n) is 4.01. The molecule has 0 atom stereocenters. The maximum absolute atomic E-state index is 6.05. The zero-order chi connectivity index (χ0) is 10.7. The second-order valence-corrected chi connectivity index (χ2v) is 4.28. The number of hydrogen-bond acceptors (Lipinski definition) is 3. The molecule has 1 aliphatic rings. The SMILES string of the molecule is Cn1ccnc1NC1(CCl)CCOCC1. The Morgan fingerprint density at radius 3 is 2.87 bits per heavy atom. The van der Waals surface area contributed by atoms with E-state index in [-0.39, 0.29) is 5.54 Å². The Balaban J connectivity index is 2.10. The first-order valence-electron chi connectivity index (χ1n) is 5.15. The fraction of sp³-hybridized carbons (Fsp3) is 0.700. The number of nitrogens with zero attached hydrogens (tertiary/aromatic N) is 2. The maximum Gasteiger partial charge on any atom is 0.202 e. The van der Waals surface area contributed by atoms with Crippen LogP contribution in [0.25, 0.3) is 0 Å². The van der Waals surface area contributed by atoms with E-state index in [0.717, 1.165) is 32.0 Å². The van der Waals surface area contributed by atoms with Crippen molar-refractivity contribution in [2.75, 3.05) is 24.4 Å². The van der Waals surface area contributed by atoms with Gasteiger partial charge in [0.05, 0.1) is 5.54 Å². The summed E-state index contributed by atoms with van der Waals surface area (Å²) in [7, 11) is 1.97. The van der Waals surface area contributed by atoms with Gasteiger partial charge in [-0.05, 0) is 12.8 Å². The van der Waals surface area contributed by atoms with Crippen molar-refractivity contribution in [1.82, 2.24) is 9.55 Å². The molecule has 2 heterocycles. The molecule has 1 aromatic rings. The van der Waals surface area contributed by atoms with Crippen molar-refractivity contribution in [1.29, 1.82) is 0 Å². The van der Waals surface area contributed by atoms with Crippen LogP contribution in [0.2, 0.25) is 0 Å². The molecule has 1 saturated heterocycles. The molecule has 4 nitrogen and oxygen atoms in total. The van der Waals surface area contributed by atoms with E-state index >= 15 is 0 Å². The zero-order valence-corrected chi connectivity index (χ0v) is 9.63. The number of imidazole rings is 1. The summed E-state index contributed by atoms with van der Waals surface area (Å²) in [5.74, 6) is 1.46. The van der Waals surface area contributed by atoms with Crippen LogP contribution in [-0.2, 0) is 11.8 Å². The van der Waals surface area contributed by atoms with Crippen LogP contribution >= 0.6 is 11.6 Å². The monoisotopic (exact) mass is 229 g/mol. The minimum absolute atomic E-state index is 0.0566. The molecule has 5 heteroatoms. The van der Waals surface area contributed by atoms with Gasteiger partial charge in [0, 0.05) is 38.5 Å². The number of aryl methyl sites for hydroxylation is 1.